The molecule has 2 aromatic rings. The maximum atomic E-state index is 11.9. The second-order valence-corrected chi connectivity index (χ2v) is 5.76. The fourth-order valence-corrected chi connectivity index (χ4v) is 2.53. The van der Waals surface area contributed by atoms with Crippen molar-refractivity contribution in [1.29, 1.82) is 0 Å². The van der Waals surface area contributed by atoms with Crippen molar-refractivity contribution in [2.24, 2.45) is 0 Å². The number of ether oxygens (including phenoxy) is 1. The van der Waals surface area contributed by atoms with Crippen LogP contribution in [0.2, 0.25) is 0 Å². The van der Waals surface area contributed by atoms with E-state index in [9.17, 15) is 14.7 Å². The molecule has 0 aliphatic heterocycles. The molecule has 22 heavy (non-hydrogen) atoms. The first-order chi connectivity index (χ1) is 10.5. The zero-order valence-electron chi connectivity index (χ0n) is 12.4. The second-order valence-electron chi connectivity index (χ2n) is 4.98. The van der Waals surface area contributed by atoms with Crippen LogP contribution < -0.4 is 0 Å². The van der Waals surface area contributed by atoms with E-state index in [1.807, 2.05) is 16.8 Å². The van der Waals surface area contributed by atoms with E-state index in [4.69, 9.17) is 4.74 Å². The number of benzene rings is 1. The highest BCUT2D eigenvalue weighted by atomic mass is 32.1. The average Bonchev–Trinajstić information content (AvgIpc) is 2.97. The van der Waals surface area contributed by atoms with Crippen molar-refractivity contribution >= 4 is 23.2 Å². The Kier molecular flexibility index (Phi) is 5.16. The van der Waals surface area contributed by atoms with Gasteiger partial charge in [-0.3, -0.25) is 4.79 Å². The minimum atomic E-state index is -0.713. The lowest BCUT2D eigenvalue weighted by molar-refractivity contribution is -0.133. The molecule has 1 heterocycles. The summed E-state index contributed by atoms with van der Waals surface area (Å²) >= 11 is 1.56. The molecule has 0 spiro atoms. The first-order valence-corrected chi connectivity index (χ1v) is 7.63. The summed E-state index contributed by atoms with van der Waals surface area (Å²) in [4.78, 5) is 25.3. The van der Waals surface area contributed by atoms with E-state index < -0.39 is 5.97 Å². The van der Waals surface area contributed by atoms with Crippen molar-refractivity contribution in [2.45, 2.75) is 13.5 Å². The molecule has 0 fully saturated rings. The lowest BCUT2D eigenvalue weighted by Crippen LogP contribution is -2.30. The van der Waals surface area contributed by atoms with Gasteiger partial charge in [0.2, 0.25) is 0 Å². The number of aryl methyl sites for hydroxylation is 1. The monoisotopic (exact) mass is 319 g/mol. The van der Waals surface area contributed by atoms with Crippen LogP contribution in [0.15, 0.2) is 35.0 Å². The molecule has 0 aliphatic carbocycles. The van der Waals surface area contributed by atoms with E-state index in [1.54, 1.807) is 31.4 Å². The summed E-state index contributed by atoms with van der Waals surface area (Å²) in [5, 5.41) is 13.6. The van der Waals surface area contributed by atoms with Gasteiger partial charge in [-0.15, -0.1) is 0 Å². The lowest BCUT2D eigenvalue weighted by atomic mass is 10.1. The third-order valence-electron chi connectivity index (χ3n) is 3.13. The first kappa shape index (κ1) is 16.0. The smallest absolute Gasteiger partial charge is 0.342 e. The Balaban J connectivity index is 1.88. The lowest BCUT2D eigenvalue weighted by Gasteiger charge is -2.16. The molecule has 0 unspecified atom stereocenters. The number of likely N-dealkylation sites (N-methyl/N-ethyl adjacent to an activating group) is 1. The van der Waals surface area contributed by atoms with Crippen LogP contribution in [0.5, 0.6) is 5.75 Å². The molecule has 0 bridgehead atoms. The topological polar surface area (TPSA) is 66.8 Å². The number of phenolic OH excluding ortho intramolecular Hbond substituents is 1. The van der Waals surface area contributed by atoms with Gasteiger partial charge in [0.15, 0.2) is 6.61 Å². The van der Waals surface area contributed by atoms with Crippen molar-refractivity contribution in [3.8, 4) is 5.75 Å². The standard InChI is InChI=1S/C16H17NO4S/c1-11-3-4-13(14(18)7-11)16(20)21-9-15(19)17(2)8-12-5-6-22-10-12/h3-7,10,18H,8-9H2,1-2H3. The number of rotatable bonds is 5. The number of phenols is 1. The number of nitrogens with zero attached hydrogens (tertiary/aromatic N) is 1. The summed E-state index contributed by atoms with van der Waals surface area (Å²) in [6.45, 7) is 1.92. The summed E-state index contributed by atoms with van der Waals surface area (Å²) < 4.78 is 4.96. The van der Waals surface area contributed by atoms with Crippen LogP contribution in [0.25, 0.3) is 0 Å². The van der Waals surface area contributed by atoms with Crippen LogP contribution >= 0.6 is 11.3 Å². The number of amides is 1. The van der Waals surface area contributed by atoms with E-state index in [-0.39, 0.29) is 23.8 Å². The van der Waals surface area contributed by atoms with E-state index >= 15 is 0 Å². The van der Waals surface area contributed by atoms with E-state index in [0.717, 1.165) is 11.1 Å². The Hall–Kier alpha value is -2.34. The largest absolute Gasteiger partial charge is 0.507 e. The number of hydrogen-bond donors (Lipinski definition) is 1. The van der Waals surface area contributed by atoms with Crippen molar-refractivity contribution in [3.05, 3.63) is 51.7 Å². The minimum Gasteiger partial charge on any atom is -0.507 e. The molecule has 116 valence electrons. The highest BCUT2D eigenvalue weighted by Crippen LogP contribution is 2.19. The third kappa shape index (κ3) is 4.08. The summed E-state index contributed by atoms with van der Waals surface area (Å²) in [6.07, 6.45) is 0. The number of thiophene rings is 1. The zero-order chi connectivity index (χ0) is 16.1. The number of hydrogen-bond acceptors (Lipinski definition) is 5. The number of esters is 1. The maximum absolute atomic E-state index is 11.9. The van der Waals surface area contributed by atoms with Gasteiger partial charge in [-0.2, -0.15) is 11.3 Å². The zero-order valence-corrected chi connectivity index (χ0v) is 13.2. The summed E-state index contributed by atoms with van der Waals surface area (Å²) in [5.41, 5.74) is 1.92. The van der Waals surface area contributed by atoms with E-state index in [0.29, 0.717) is 6.54 Å². The summed E-state index contributed by atoms with van der Waals surface area (Å²) in [5.74, 6) is -1.16. The number of aromatic hydroxyl groups is 1. The van der Waals surface area contributed by atoms with Crippen LogP contribution in [0, 0.1) is 6.92 Å². The molecule has 2 rings (SSSR count). The number of carbonyl (C=O) groups is 2. The Morgan fingerprint density at radius 3 is 2.73 bits per heavy atom. The van der Waals surface area contributed by atoms with Crippen molar-refractivity contribution in [1.82, 2.24) is 4.90 Å². The van der Waals surface area contributed by atoms with Crippen molar-refractivity contribution in [2.75, 3.05) is 13.7 Å². The second kappa shape index (κ2) is 7.09. The van der Waals surface area contributed by atoms with Crippen molar-refractivity contribution in [3.63, 3.8) is 0 Å². The molecule has 0 atom stereocenters. The fraction of sp³-hybridized carbons (Fsp3) is 0.250. The molecule has 0 radical (unpaired) electrons. The highest BCUT2D eigenvalue weighted by molar-refractivity contribution is 7.07. The SMILES string of the molecule is Cc1ccc(C(=O)OCC(=O)N(C)Cc2ccsc2)c(O)c1. The molecule has 0 saturated carbocycles. The van der Waals surface area contributed by atoms with Gasteiger partial charge in [0.25, 0.3) is 5.91 Å². The highest BCUT2D eigenvalue weighted by Gasteiger charge is 2.16. The Morgan fingerprint density at radius 2 is 2.09 bits per heavy atom. The Labute approximate surface area is 132 Å². The normalized spacial score (nSPS) is 10.3. The van der Waals surface area contributed by atoms with Crippen molar-refractivity contribution < 1.29 is 19.4 Å². The first-order valence-electron chi connectivity index (χ1n) is 6.69. The summed E-state index contributed by atoms with van der Waals surface area (Å²) in [6, 6.07) is 6.58. The van der Waals surface area contributed by atoms with Gasteiger partial charge in [-0.25, -0.2) is 4.79 Å². The predicted molar refractivity (Wildman–Crippen MR) is 83.9 cm³/mol. The third-order valence-corrected chi connectivity index (χ3v) is 3.86. The van der Waals surface area contributed by atoms with E-state index in [2.05, 4.69) is 0 Å². The fourth-order valence-electron chi connectivity index (χ4n) is 1.87. The Bertz CT molecular complexity index is 667. The molecular weight excluding hydrogens is 302 g/mol. The molecule has 5 nitrogen and oxygen atoms in total. The minimum absolute atomic E-state index is 0.0545. The van der Waals surface area contributed by atoms with Gasteiger partial charge < -0.3 is 14.7 Å². The Morgan fingerprint density at radius 1 is 1.32 bits per heavy atom. The molecular formula is C16H17NO4S. The molecule has 0 saturated heterocycles. The average molecular weight is 319 g/mol. The molecule has 6 heteroatoms. The maximum Gasteiger partial charge on any atom is 0.342 e. The van der Waals surface area contributed by atoms with Crippen LogP contribution in [-0.4, -0.2) is 35.5 Å². The van der Waals surface area contributed by atoms with Gasteiger partial charge in [0.05, 0.1) is 0 Å². The molecule has 1 aromatic heterocycles. The van der Waals surface area contributed by atoms with Gasteiger partial charge >= 0.3 is 5.97 Å². The van der Waals surface area contributed by atoms with Crippen LogP contribution in [-0.2, 0) is 16.1 Å². The van der Waals surface area contributed by atoms with Gasteiger partial charge in [-0.1, -0.05) is 6.07 Å². The predicted octanol–water partition coefficient (Wildman–Crippen LogP) is 2.58. The van der Waals surface area contributed by atoms with E-state index in [1.165, 1.54) is 17.0 Å². The van der Waals surface area contributed by atoms with Crippen LogP contribution in [0.1, 0.15) is 21.5 Å². The molecule has 1 aromatic carbocycles. The molecule has 1 N–H and O–H groups in total. The molecule has 0 aliphatic rings. The summed E-state index contributed by atoms with van der Waals surface area (Å²) in [7, 11) is 1.65. The van der Waals surface area contributed by atoms with Gasteiger partial charge in [0, 0.05) is 13.6 Å². The quantitative estimate of drug-likeness (QED) is 0.860. The number of carbonyl (C=O) groups excluding carboxylic acids is 2. The van der Waals surface area contributed by atoms with Crippen LogP contribution in [0.4, 0.5) is 0 Å². The van der Waals surface area contributed by atoms with Crippen LogP contribution in [0.3, 0.4) is 0 Å². The molecule has 1 amide bonds. The van der Waals surface area contributed by atoms with Gasteiger partial charge in [0.1, 0.15) is 11.3 Å². The van der Waals surface area contributed by atoms with Gasteiger partial charge in [-0.05, 0) is 47.0 Å².